The van der Waals surface area contributed by atoms with Crippen molar-refractivity contribution in [3.63, 3.8) is 0 Å². The van der Waals surface area contributed by atoms with E-state index in [1.54, 1.807) is 0 Å². The van der Waals surface area contributed by atoms with E-state index in [4.69, 9.17) is 5.11 Å². The zero-order valence-electron chi connectivity index (χ0n) is 8.95. The van der Waals surface area contributed by atoms with Crippen LogP contribution in [0.5, 0.6) is 0 Å². The molecular formula is C11H7N3O3S. The van der Waals surface area contributed by atoms with E-state index in [9.17, 15) is 9.59 Å². The number of hydrogen-bond acceptors (Lipinski definition) is 4. The molecule has 0 atom stereocenters. The lowest BCUT2D eigenvalue weighted by Gasteiger charge is -1.98. The number of H-pyrrole nitrogens is 1. The third-order valence-corrected chi connectivity index (χ3v) is 3.39. The van der Waals surface area contributed by atoms with Crippen molar-refractivity contribution in [2.45, 2.75) is 0 Å². The van der Waals surface area contributed by atoms with Gasteiger partial charge in [0.05, 0.1) is 10.6 Å². The van der Waals surface area contributed by atoms with E-state index >= 15 is 0 Å². The first kappa shape index (κ1) is 10.7. The molecule has 18 heavy (non-hydrogen) atoms. The summed E-state index contributed by atoms with van der Waals surface area (Å²) in [5, 5.41) is 13.5. The Morgan fingerprint density at radius 2 is 2.33 bits per heavy atom. The lowest BCUT2D eigenvalue weighted by molar-refractivity contribution is 0.0699. The van der Waals surface area contributed by atoms with Crippen molar-refractivity contribution in [1.29, 1.82) is 0 Å². The van der Waals surface area contributed by atoms with Gasteiger partial charge in [0.1, 0.15) is 5.56 Å². The Bertz CT molecular complexity index is 786. The maximum atomic E-state index is 11.8. The number of aromatic nitrogens is 3. The topological polar surface area (TPSA) is 87.5 Å². The summed E-state index contributed by atoms with van der Waals surface area (Å²) in [5.41, 5.74) is 0.247. The zero-order valence-corrected chi connectivity index (χ0v) is 9.77. The van der Waals surface area contributed by atoms with Gasteiger partial charge in [0.25, 0.3) is 5.56 Å². The van der Waals surface area contributed by atoms with Crippen LogP contribution in [0, 0.1) is 0 Å². The maximum Gasteiger partial charge on any atom is 0.341 e. The minimum absolute atomic E-state index is 0.0227. The Morgan fingerprint density at radius 3 is 3.00 bits per heavy atom. The summed E-state index contributed by atoms with van der Waals surface area (Å²) in [5.74, 6) is -1.12. The van der Waals surface area contributed by atoms with Crippen LogP contribution in [0.2, 0.25) is 0 Å². The number of nitrogens with zero attached hydrogens (tertiary/aromatic N) is 2. The molecule has 0 aromatic carbocycles. The van der Waals surface area contributed by atoms with Gasteiger partial charge in [0.2, 0.25) is 0 Å². The molecule has 0 aliphatic carbocycles. The number of aromatic carboxylic acids is 1. The van der Waals surface area contributed by atoms with E-state index in [-0.39, 0.29) is 16.8 Å². The van der Waals surface area contributed by atoms with E-state index < -0.39 is 5.97 Å². The summed E-state index contributed by atoms with van der Waals surface area (Å²) in [4.78, 5) is 27.9. The highest BCUT2D eigenvalue weighted by Gasteiger charge is 2.15. The Labute approximate surface area is 104 Å². The van der Waals surface area contributed by atoms with Crippen LogP contribution in [0.4, 0.5) is 0 Å². The summed E-state index contributed by atoms with van der Waals surface area (Å²) in [6.07, 6.45) is 1.25. The van der Waals surface area contributed by atoms with Crippen molar-refractivity contribution in [3.05, 3.63) is 45.7 Å². The number of nitrogens with one attached hydrogen (secondary N) is 1. The first-order valence-corrected chi connectivity index (χ1v) is 5.93. The molecule has 3 aromatic rings. The summed E-state index contributed by atoms with van der Waals surface area (Å²) in [6.45, 7) is 0. The van der Waals surface area contributed by atoms with E-state index in [0.717, 1.165) is 9.39 Å². The van der Waals surface area contributed by atoms with Crippen LogP contribution in [-0.2, 0) is 0 Å². The molecule has 3 aromatic heterocycles. The number of fused-ring (bicyclic) bond motifs is 1. The largest absolute Gasteiger partial charge is 0.477 e. The first-order valence-electron chi connectivity index (χ1n) is 5.05. The zero-order chi connectivity index (χ0) is 12.7. The van der Waals surface area contributed by atoms with Gasteiger partial charge < -0.3 is 5.11 Å². The molecule has 0 radical (unpaired) electrons. The van der Waals surface area contributed by atoms with Crippen LogP contribution in [0.1, 0.15) is 10.4 Å². The summed E-state index contributed by atoms with van der Waals surface area (Å²) >= 11 is 1.44. The molecule has 0 unspecified atom stereocenters. The summed E-state index contributed by atoms with van der Waals surface area (Å²) in [7, 11) is 0. The molecule has 0 aliphatic rings. The molecule has 0 saturated heterocycles. The van der Waals surface area contributed by atoms with Crippen LogP contribution < -0.4 is 5.56 Å². The molecule has 0 spiro atoms. The molecule has 0 fully saturated rings. The average molecular weight is 261 g/mol. The molecule has 0 amide bonds. The van der Waals surface area contributed by atoms with Crippen LogP contribution in [0.15, 0.2) is 34.6 Å². The average Bonchev–Trinajstić information content (AvgIpc) is 2.97. The first-order chi connectivity index (χ1) is 8.66. The fourth-order valence-corrected chi connectivity index (χ4v) is 2.38. The van der Waals surface area contributed by atoms with E-state index in [1.807, 2.05) is 17.5 Å². The van der Waals surface area contributed by atoms with Gasteiger partial charge in [-0.3, -0.25) is 9.89 Å². The Morgan fingerprint density at radius 1 is 1.50 bits per heavy atom. The minimum Gasteiger partial charge on any atom is -0.477 e. The normalized spacial score (nSPS) is 10.9. The Hall–Kier alpha value is -2.41. The molecule has 90 valence electrons. The van der Waals surface area contributed by atoms with Gasteiger partial charge in [-0.05, 0) is 11.4 Å². The van der Waals surface area contributed by atoms with Gasteiger partial charge in [0.15, 0.2) is 5.65 Å². The molecule has 0 bridgehead atoms. The van der Waals surface area contributed by atoms with Gasteiger partial charge in [-0.1, -0.05) is 6.07 Å². The quantitative estimate of drug-likeness (QED) is 0.730. The predicted octanol–water partition coefficient (Wildman–Crippen LogP) is 1.45. The van der Waals surface area contributed by atoms with Crippen molar-refractivity contribution in [1.82, 2.24) is 14.6 Å². The lowest BCUT2D eigenvalue weighted by atomic mass is 10.3. The van der Waals surface area contributed by atoms with E-state index in [0.29, 0.717) is 5.69 Å². The van der Waals surface area contributed by atoms with Crippen molar-refractivity contribution in [3.8, 4) is 10.6 Å². The van der Waals surface area contributed by atoms with Gasteiger partial charge in [0, 0.05) is 12.3 Å². The second kappa shape index (κ2) is 3.81. The predicted molar refractivity (Wildman–Crippen MR) is 66.1 cm³/mol. The number of aromatic amines is 1. The van der Waals surface area contributed by atoms with Crippen LogP contribution >= 0.6 is 11.3 Å². The minimum atomic E-state index is -1.12. The third kappa shape index (κ3) is 1.52. The molecule has 0 saturated carbocycles. The smallest absolute Gasteiger partial charge is 0.341 e. The third-order valence-electron chi connectivity index (χ3n) is 2.50. The SMILES string of the molecule is O=C(O)c1c[nH]n2c(=O)cc(-c3cccs3)nc12. The van der Waals surface area contributed by atoms with Crippen molar-refractivity contribution in [2.75, 3.05) is 0 Å². The molecule has 3 heterocycles. The number of carbonyl (C=O) groups is 1. The van der Waals surface area contributed by atoms with Crippen molar-refractivity contribution in [2.24, 2.45) is 0 Å². The standard InChI is InChI=1S/C11H7N3O3S/c15-9-4-7(8-2-1-3-18-8)13-10-6(11(16)17)5-12-14(9)10/h1-5,12H,(H,16,17). The molecule has 2 N–H and O–H groups in total. The fraction of sp³-hybridized carbons (Fsp3) is 0. The second-order valence-electron chi connectivity index (χ2n) is 3.61. The second-order valence-corrected chi connectivity index (χ2v) is 4.56. The molecular weight excluding hydrogens is 254 g/mol. The molecule has 6 nitrogen and oxygen atoms in total. The van der Waals surface area contributed by atoms with Gasteiger partial charge in [-0.2, -0.15) is 0 Å². The van der Waals surface area contributed by atoms with Gasteiger partial charge in [-0.25, -0.2) is 14.3 Å². The maximum absolute atomic E-state index is 11.8. The van der Waals surface area contributed by atoms with Crippen LogP contribution in [0.25, 0.3) is 16.2 Å². The van der Waals surface area contributed by atoms with Crippen molar-refractivity contribution < 1.29 is 9.90 Å². The Balaban J connectivity index is 2.34. The molecule has 3 rings (SSSR count). The molecule has 7 heteroatoms. The van der Waals surface area contributed by atoms with Gasteiger partial charge in [-0.15, -0.1) is 11.3 Å². The molecule has 0 aliphatic heterocycles. The highest BCUT2D eigenvalue weighted by Crippen LogP contribution is 2.22. The fourth-order valence-electron chi connectivity index (χ4n) is 1.69. The van der Waals surface area contributed by atoms with Gasteiger partial charge >= 0.3 is 5.97 Å². The van der Waals surface area contributed by atoms with Crippen molar-refractivity contribution >= 4 is 23.0 Å². The van der Waals surface area contributed by atoms with Crippen LogP contribution in [0.3, 0.4) is 0 Å². The number of rotatable bonds is 2. The number of hydrogen-bond donors (Lipinski definition) is 2. The summed E-state index contributed by atoms with van der Waals surface area (Å²) < 4.78 is 1.11. The highest BCUT2D eigenvalue weighted by atomic mass is 32.1. The highest BCUT2D eigenvalue weighted by molar-refractivity contribution is 7.13. The number of carboxylic acids is 1. The van der Waals surface area contributed by atoms with E-state index in [2.05, 4.69) is 10.1 Å². The number of carboxylic acid groups (broad SMARTS) is 1. The monoisotopic (exact) mass is 261 g/mol. The summed E-state index contributed by atoms with van der Waals surface area (Å²) in [6, 6.07) is 5.05. The van der Waals surface area contributed by atoms with E-state index in [1.165, 1.54) is 23.6 Å². The van der Waals surface area contributed by atoms with Crippen LogP contribution in [-0.4, -0.2) is 25.7 Å². The number of thiophene rings is 1. The lowest BCUT2D eigenvalue weighted by Crippen LogP contribution is -2.14. The Kier molecular flexibility index (Phi) is 2.27.